The number of hydrogen-bond acceptors (Lipinski definition) is 3. The molecule has 0 fully saturated rings. The Morgan fingerprint density at radius 3 is 2.19 bits per heavy atom. The molecule has 3 nitrogen and oxygen atoms in total. The van der Waals surface area contributed by atoms with E-state index in [9.17, 15) is 9.90 Å². The van der Waals surface area contributed by atoms with E-state index >= 15 is 0 Å². The third kappa shape index (κ3) is 5.46. The van der Waals surface area contributed by atoms with Crippen LogP contribution in [0.2, 0.25) is 0 Å². The zero-order valence-corrected chi connectivity index (χ0v) is 16.1. The molecule has 0 aromatic heterocycles. The van der Waals surface area contributed by atoms with Gasteiger partial charge in [-0.25, -0.2) is 0 Å². The van der Waals surface area contributed by atoms with Crippen LogP contribution in [0.4, 0.5) is 0 Å². The summed E-state index contributed by atoms with van der Waals surface area (Å²) in [5, 5.41) is 13.1. The van der Waals surface area contributed by atoms with Gasteiger partial charge in [0, 0.05) is 11.4 Å². The number of thioether (sulfide) groups is 1. The fourth-order valence-electron chi connectivity index (χ4n) is 2.85. The molecule has 0 saturated carbocycles. The molecule has 138 valence electrons. The normalized spacial score (nSPS) is 11.8. The van der Waals surface area contributed by atoms with Gasteiger partial charge < -0.3 is 10.4 Å². The van der Waals surface area contributed by atoms with E-state index < -0.39 is 6.10 Å². The summed E-state index contributed by atoms with van der Waals surface area (Å²) in [5.74, 6) is -0.0951. The second kappa shape index (κ2) is 9.40. The van der Waals surface area contributed by atoms with Gasteiger partial charge in [0.1, 0.15) is 0 Å². The average molecular weight is 378 g/mol. The summed E-state index contributed by atoms with van der Waals surface area (Å²) < 4.78 is 0. The lowest BCUT2D eigenvalue weighted by Gasteiger charge is -2.13. The quantitative estimate of drug-likeness (QED) is 0.598. The molecule has 0 aliphatic heterocycles. The van der Waals surface area contributed by atoms with Crippen molar-refractivity contribution in [2.24, 2.45) is 0 Å². The third-order valence-corrected chi connectivity index (χ3v) is 5.16. The van der Waals surface area contributed by atoms with Crippen LogP contribution in [0, 0.1) is 0 Å². The van der Waals surface area contributed by atoms with Crippen molar-refractivity contribution in [3.8, 4) is 11.1 Å². The van der Waals surface area contributed by atoms with Gasteiger partial charge in [-0.15, -0.1) is 11.8 Å². The maximum absolute atomic E-state index is 12.2. The highest BCUT2D eigenvalue weighted by Crippen LogP contribution is 2.20. The summed E-state index contributed by atoms with van der Waals surface area (Å²) in [6.45, 7) is 0.208. The molecular weight excluding hydrogens is 354 g/mol. The van der Waals surface area contributed by atoms with Gasteiger partial charge in [0.2, 0.25) is 5.91 Å². The van der Waals surface area contributed by atoms with Gasteiger partial charge in [-0.1, -0.05) is 66.7 Å². The number of benzene rings is 3. The Hall–Kier alpha value is -2.56. The van der Waals surface area contributed by atoms with Crippen LogP contribution in [-0.2, 0) is 11.2 Å². The molecule has 0 bridgehead atoms. The predicted octanol–water partition coefficient (Wildman–Crippen LogP) is 4.47. The van der Waals surface area contributed by atoms with Crippen molar-refractivity contribution >= 4 is 17.7 Å². The molecule has 0 aliphatic rings. The van der Waals surface area contributed by atoms with E-state index in [4.69, 9.17) is 0 Å². The van der Waals surface area contributed by atoms with E-state index in [1.807, 2.05) is 73.0 Å². The molecule has 27 heavy (non-hydrogen) atoms. The number of rotatable bonds is 7. The average Bonchev–Trinajstić information content (AvgIpc) is 2.73. The molecule has 4 heteroatoms. The lowest BCUT2D eigenvalue weighted by molar-refractivity contribution is -0.120. The van der Waals surface area contributed by atoms with Crippen molar-refractivity contribution in [1.29, 1.82) is 0 Å². The van der Waals surface area contributed by atoms with Crippen LogP contribution in [0.15, 0.2) is 83.8 Å². The molecule has 0 saturated heterocycles. The smallest absolute Gasteiger partial charge is 0.224 e. The Morgan fingerprint density at radius 2 is 1.56 bits per heavy atom. The Bertz CT molecular complexity index is 861. The maximum Gasteiger partial charge on any atom is 0.224 e. The van der Waals surface area contributed by atoms with Crippen molar-refractivity contribution in [2.75, 3.05) is 12.8 Å². The van der Waals surface area contributed by atoms with Gasteiger partial charge in [-0.05, 0) is 40.6 Å². The SMILES string of the molecule is CSc1ccc(C(O)CNC(=O)Cc2ccc(-c3ccccc3)cc2)cc1. The molecule has 0 aliphatic carbocycles. The molecule has 1 amide bonds. The summed E-state index contributed by atoms with van der Waals surface area (Å²) >= 11 is 1.66. The molecule has 0 radical (unpaired) electrons. The highest BCUT2D eigenvalue weighted by molar-refractivity contribution is 7.98. The Morgan fingerprint density at radius 1 is 0.926 bits per heavy atom. The van der Waals surface area contributed by atoms with Crippen LogP contribution in [-0.4, -0.2) is 23.8 Å². The van der Waals surface area contributed by atoms with E-state index in [0.717, 1.165) is 27.1 Å². The molecule has 0 heterocycles. The van der Waals surface area contributed by atoms with Gasteiger partial charge in [-0.3, -0.25) is 4.79 Å². The van der Waals surface area contributed by atoms with E-state index in [2.05, 4.69) is 17.4 Å². The number of nitrogens with one attached hydrogen (secondary N) is 1. The van der Waals surface area contributed by atoms with E-state index in [-0.39, 0.29) is 12.5 Å². The van der Waals surface area contributed by atoms with Gasteiger partial charge in [-0.2, -0.15) is 0 Å². The van der Waals surface area contributed by atoms with Crippen LogP contribution in [0.3, 0.4) is 0 Å². The topological polar surface area (TPSA) is 49.3 Å². The monoisotopic (exact) mass is 377 g/mol. The fraction of sp³-hybridized carbons (Fsp3) is 0.174. The highest BCUT2D eigenvalue weighted by Gasteiger charge is 2.10. The minimum Gasteiger partial charge on any atom is -0.387 e. The summed E-state index contributed by atoms with van der Waals surface area (Å²) in [5.41, 5.74) is 4.04. The number of carbonyl (C=O) groups is 1. The first kappa shape index (κ1) is 19.2. The van der Waals surface area contributed by atoms with Crippen LogP contribution in [0.1, 0.15) is 17.2 Å². The van der Waals surface area contributed by atoms with Crippen molar-refractivity contribution in [1.82, 2.24) is 5.32 Å². The Kier molecular flexibility index (Phi) is 6.69. The largest absolute Gasteiger partial charge is 0.387 e. The zero-order chi connectivity index (χ0) is 19.1. The number of aliphatic hydroxyl groups is 1. The second-order valence-electron chi connectivity index (χ2n) is 6.33. The molecule has 2 N–H and O–H groups in total. The van der Waals surface area contributed by atoms with Crippen LogP contribution in [0.25, 0.3) is 11.1 Å². The van der Waals surface area contributed by atoms with Crippen LogP contribution < -0.4 is 5.32 Å². The second-order valence-corrected chi connectivity index (χ2v) is 7.21. The standard InChI is InChI=1S/C23H23NO2S/c1-27-21-13-11-20(12-14-21)22(25)16-24-23(26)15-17-7-9-19(10-8-17)18-5-3-2-4-6-18/h2-14,22,25H,15-16H2,1H3,(H,24,26). The Labute approximate surface area is 164 Å². The summed E-state index contributed by atoms with van der Waals surface area (Å²) in [6.07, 6.45) is 1.61. The predicted molar refractivity (Wildman–Crippen MR) is 112 cm³/mol. The Balaban J connectivity index is 1.51. The van der Waals surface area contributed by atoms with E-state index in [1.54, 1.807) is 11.8 Å². The molecule has 3 aromatic rings. The van der Waals surface area contributed by atoms with Crippen molar-refractivity contribution in [2.45, 2.75) is 17.4 Å². The molecule has 0 spiro atoms. The number of amides is 1. The molecular formula is C23H23NO2S. The lowest BCUT2D eigenvalue weighted by atomic mass is 10.0. The highest BCUT2D eigenvalue weighted by atomic mass is 32.2. The minimum absolute atomic E-state index is 0.0951. The summed E-state index contributed by atoms with van der Waals surface area (Å²) in [4.78, 5) is 13.3. The van der Waals surface area contributed by atoms with Crippen molar-refractivity contribution < 1.29 is 9.90 Å². The summed E-state index contributed by atoms with van der Waals surface area (Å²) in [7, 11) is 0. The minimum atomic E-state index is -0.703. The fourth-order valence-corrected chi connectivity index (χ4v) is 3.26. The molecule has 3 rings (SSSR count). The maximum atomic E-state index is 12.2. The van der Waals surface area contributed by atoms with Gasteiger partial charge in [0.05, 0.1) is 12.5 Å². The summed E-state index contributed by atoms with van der Waals surface area (Å²) in [6, 6.07) is 25.9. The first-order valence-electron chi connectivity index (χ1n) is 8.89. The van der Waals surface area contributed by atoms with E-state index in [0.29, 0.717) is 6.42 Å². The van der Waals surface area contributed by atoms with Crippen molar-refractivity contribution in [3.05, 3.63) is 90.0 Å². The first-order valence-corrected chi connectivity index (χ1v) is 10.1. The van der Waals surface area contributed by atoms with Crippen LogP contribution in [0.5, 0.6) is 0 Å². The lowest BCUT2D eigenvalue weighted by Crippen LogP contribution is -2.29. The van der Waals surface area contributed by atoms with Crippen molar-refractivity contribution in [3.63, 3.8) is 0 Å². The third-order valence-electron chi connectivity index (χ3n) is 4.42. The number of aliphatic hydroxyl groups excluding tert-OH is 1. The number of carbonyl (C=O) groups excluding carboxylic acids is 1. The van der Waals surface area contributed by atoms with E-state index in [1.165, 1.54) is 0 Å². The van der Waals surface area contributed by atoms with Gasteiger partial charge >= 0.3 is 0 Å². The molecule has 1 atom stereocenters. The van der Waals surface area contributed by atoms with Crippen LogP contribution >= 0.6 is 11.8 Å². The molecule has 3 aromatic carbocycles. The van der Waals surface area contributed by atoms with Gasteiger partial charge in [0.25, 0.3) is 0 Å². The van der Waals surface area contributed by atoms with Gasteiger partial charge in [0.15, 0.2) is 0 Å². The first-order chi connectivity index (χ1) is 13.2. The zero-order valence-electron chi connectivity index (χ0n) is 15.3. The molecule has 1 unspecified atom stereocenters. The number of hydrogen-bond donors (Lipinski definition) is 2.